The van der Waals surface area contributed by atoms with Crippen LogP contribution in [0.1, 0.15) is 38.2 Å². The smallest absolute Gasteiger partial charge is 0.0405 e. The highest BCUT2D eigenvalue weighted by Gasteiger charge is 2.34. The van der Waals surface area contributed by atoms with Crippen molar-refractivity contribution in [2.24, 2.45) is 0 Å². The molecule has 0 amide bonds. The molecule has 2 heteroatoms. The van der Waals surface area contributed by atoms with Crippen LogP contribution in [0.5, 0.6) is 0 Å². The first-order chi connectivity index (χ1) is 6.76. The van der Waals surface area contributed by atoms with E-state index < -0.39 is 0 Å². The van der Waals surface area contributed by atoms with Crippen molar-refractivity contribution in [1.29, 1.82) is 0 Å². The first-order valence-corrected chi connectivity index (χ1v) is 5.44. The molecule has 1 saturated carbocycles. The van der Waals surface area contributed by atoms with Gasteiger partial charge in [-0.25, -0.2) is 0 Å². The summed E-state index contributed by atoms with van der Waals surface area (Å²) in [6, 6.07) is 2.07. The van der Waals surface area contributed by atoms with Gasteiger partial charge in [-0.1, -0.05) is 6.92 Å². The summed E-state index contributed by atoms with van der Waals surface area (Å²) in [5.74, 6) is 0. The van der Waals surface area contributed by atoms with E-state index in [1.807, 2.05) is 12.4 Å². The molecular formula is C12H18N2. The van der Waals surface area contributed by atoms with Crippen LogP contribution >= 0.6 is 0 Å². The molecule has 0 aliphatic heterocycles. The van der Waals surface area contributed by atoms with E-state index in [1.165, 1.54) is 36.9 Å². The summed E-state index contributed by atoms with van der Waals surface area (Å²) in [6.07, 6.45) is 8.98. The van der Waals surface area contributed by atoms with Gasteiger partial charge in [-0.05, 0) is 44.2 Å². The highest BCUT2D eigenvalue weighted by atomic mass is 15.0. The highest BCUT2D eigenvalue weighted by Crippen LogP contribution is 2.38. The standard InChI is InChI=1S/C12H18N2/c1-3-12(6-4-7-12)14-11-5-8-13-9-10(11)2/h5,8-9H,3-4,6-7H2,1-2H3,(H,13,14). The summed E-state index contributed by atoms with van der Waals surface area (Å²) < 4.78 is 0. The van der Waals surface area contributed by atoms with Crippen LogP contribution in [0.3, 0.4) is 0 Å². The second-order valence-corrected chi connectivity index (χ2v) is 4.30. The van der Waals surface area contributed by atoms with Gasteiger partial charge in [0.15, 0.2) is 0 Å². The summed E-state index contributed by atoms with van der Waals surface area (Å²) in [4.78, 5) is 4.10. The molecule has 0 atom stereocenters. The topological polar surface area (TPSA) is 24.9 Å². The van der Waals surface area contributed by atoms with Crippen LogP contribution < -0.4 is 5.32 Å². The van der Waals surface area contributed by atoms with E-state index in [0.717, 1.165) is 0 Å². The van der Waals surface area contributed by atoms with Gasteiger partial charge in [-0.3, -0.25) is 4.98 Å². The molecule has 1 aliphatic carbocycles. The highest BCUT2D eigenvalue weighted by molar-refractivity contribution is 5.51. The van der Waals surface area contributed by atoms with Crippen molar-refractivity contribution >= 4 is 5.69 Å². The molecule has 0 spiro atoms. The van der Waals surface area contributed by atoms with Gasteiger partial charge in [0.25, 0.3) is 0 Å². The van der Waals surface area contributed by atoms with Crippen LogP contribution in [-0.2, 0) is 0 Å². The number of hydrogen-bond donors (Lipinski definition) is 1. The number of aryl methyl sites for hydroxylation is 1. The zero-order valence-corrected chi connectivity index (χ0v) is 9.01. The molecule has 0 radical (unpaired) electrons. The average Bonchev–Trinajstić information content (AvgIpc) is 2.14. The van der Waals surface area contributed by atoms with E-state index in [2.05, 4.69) is 30.2 Å². The SMILES string of the molecule is CCC1(Nc2ccncc2C)CCC1. The summed E-state index contributed by atoms with van der Waals surface area (Å²) in [5.41, 5.74) is 2.88. The minimum absolute atomic E-state index is 0.381. The van der Waals surface area contributed by atoms with Gasteiger partial charge < -0.3 is 5.32 Å². The maximum atomic E-state index is 4.10. The third kappa shape index (κ3) is 1.61. The Morgan fingerprint density at radius 1 is 1.50 bits per heavy atom. The first kappa shape index (κ1) is 9.50. The van der Waals surface area contributed by atoms with Crippen molar-refractivity contribution in [2.75, 3.05) is 5.32 Å². The summed E-state index contributed by atoms with van der Waals surface area (Å²) in [5, 5.41) is 3.67. The van der Waals surface area contributed by atoms with Crippen LogP contribution in [0, 0.1) is 6.92 Å². The van der Waals surface area contributed by atoms with Crippen LogP contribution in [0.15, 0.2) is 18.5 Å². The van der Waals surface area contributed by atoms with E-state index in [4.69, 9.17) is 0 Å². The van der Waals surface area contributed by atoms with E-state index in [9.17, 15) is 0 Å². The molecule has 0 saturated heterocycles. The number of anilines is 1. The first-order valence-electron chi connectivity index (χ1n) is 5.44. The molecule has 0 aromatic carbocycles. The number of nitrogens with zero attached hydrogens (tertiary/aromatic N) is 1. The lowest BCUT2D eigenvalue weighted by atomic mass is 9.74. The maximum absolute atomic E-state index is 4.10. The predicted octanol–water partition coefficient (Wildman–Crippen LogP) is 3.13. The van der Waals surface area contributed by atoms with Crippen LogP contribution in [0.25, 0.3) is 0 Å². The van der Waals surface area contributed by atoms with E-state index in [0.29, 0.717) is 5.54 Å². The molecule has 14 heavy (non-hydrogen) atoms. The number of hydrogen-bond acceptors (Lipinski definition) is 2. The van der Waals surface area contributed by atoms with Gasteiger partial charge >= 0.3 is 0 Å². The molecule has 0 bridgehead atoms. The summed E-state index contributed by atoms with van der Waals surface area (Å²) in [7, 11) is 0. The predicted molar refractivity (Wildman–Crippen MR) is 59.5 cm³/mol. The van der Waals surface area contributed by atoms with Gasteiger partial charge in [0.1, 0.15) is 0 Å². The Balaban J connectivity index is 2.13. The number of pyridine rings is 1. The van der Waals surface area contributed by atoms with E-state index >= 15 is 0 Å². The molecule has 1 aromatic rings. The van der Waals surface area contributed by atoms with Crippen LogP contribution in [0.4, 0.5) is 5.69 Å². The Labute approximate surface area is 85.7 Å². The molecule has 2 nitrogen and oxygen atoms in total. The van der Waals surface area contributed by atoms with Crippen molar-refractivity contribution < 1.29 is 0 Å². The zero-order valence-electron chi connectivity index (χ0n) is 9.01. The van der Waals surface area contributed by atoms with Crippen LogP contribution in [0.2, 0.25) is 0 Å². The minimum atomic E-state index is 0.381. The molecule has 1 heterocycles. The second-order valence-electron chi connectivity index (χ2n) is 4.30. The fraction of sp³-hybridized carbons (Fsp3) is 0.583. The van der Waals surface area contributed by atoms with Gasteiger partial charge in [0, 0.05) is 23.6 Å². The van der Waals surface area contributed by atoms with Gasteiger partial charge in [-0.2, -0.15) is 0 Å². The Morgan fingerprint density at radius 3 is 2.79 bits per heavy atom. The lowest BCUT2D eigenvalue weighted by molar-refractivity contribution is 0.269. The normalized spacial score (nSPS) is 18.7. The third-order valence-corrected chi connectivity index (χ3v) is 3.41. The second kappa shape index (κ2) is 3.60. The third-order valence-electron chi connectivity index (χ3n) is 3.41. The Morgan fingerprint density at radius 2 is 2.29 bits per heavy atom. The van der Waals surface area contributed by atoms with Crippen molar-refractivity contribution in [3.05, 3.63) is 24.0 Å². The fourth-order valence-corrected chi connectivity index (χ4v) is 2.07. The van der Waals surface area contributed by atoms with E-state index in [1.54, 1.807) is 0 Å². The Kier molecular flexibility index (Phi) is 2.44. The van der Waals surface area contributed by atoms with Crippen LogP contribution in [-0.4, -0.2) is 10.5 Å². The molecule has 1 fully saturated rings. The van der Waals surface area contributed by atoms with Gasteiger partial charge in [0.2, 0.25) is 0 Å². The largest absolute Gasteiger partial charge is 0.379 e. The molecule has 2 rings (SSSR count). The quantitative estimate of drug-likeness (QED) is 0.792. The minimum Gasteiger partial charge on any atom is -0.379 e. The molecule has 1 aliphatic rings. The number of rotatable bonds is 3. The summed E-state index contributed by atoms with van der Waals surface area (Å²) in [6.45, 7) is 4.38. The molecule has 1 N–H and O–H groups in total. The monoisotopic (exact) mass is 190 g/mol. The van der Waals surface area contributed by atoms with Crippen molar-refractivity contribution in [2.45, 2.75) is 45.1 Å². The molecule has 1 aromatic heterocycles. The molecule has 0 unspecified atom stereocenters. The lowest BCUT2D eigenvalue weighted by Gasteiger charge is -2.43. The van der Waals surface area contributed by atoms with E-state index in [-0.39, 0.29) is 0 Å². The van der Waals surface area contributed by atoms with Gasteiger partial charge in [-0.15, -0.1) is 0 Å². The van der Waals surface area contributed by atoms with Crippen molar-refractivity contribution in [1.82, 2.24) is 4.98 Å². The summed E-state index contributed by atoms with van der Waals surface area (Å²) >= 11 is 0. The lowest BCUT2D eigenvalue weighted by Crippen LogP contribution is -2.44. The average molecular weight is 190 g/mol. The van der Waals surface area contributed by atoms with Gasteiger partial charge in [0.05, 0.1) is 0 Å². The fourth-order valence-electron chi connectivity index (χ4n) is 2.07. The molecule has 76 valence electrons. The van der Waals surface area contributed by atoms with Crippen molar-refractivity contribution in [3.8, 4) is 0 Å². The Hall–Kier alpha value is -1.05. The maximum Gasteiger partial charge on any atom is 0.0405 e. The Bertz CT molecular complexity index is 310. The number of aromatic nitrogens is 1. The molecular weight excluding hydrogens is 172 g/mol. The number of nitrogens with one attached hydrogen (secondary N) is 1. The van der Waals surface area contributed by atoms with Crippen molar-refractivity contribution in [3.63, 3.8) is 0 Å². The zero-order chi connectivity index (χ0) is 10.0.